The van der Waals surface area contributed by atoms with E-state index in [0.717, 1.165) is 22.9 Å². The molecule has 10 heteroatoms. The van der Waals surface area contributed by atoms with Gasteiger partial charge in [0.2, 0.25) is 0 Å². The molecule has 170 valence electrons. The highest BCUT2D eigenvalue weighted by Crippen LogP contribution is 2.44. The first kappa shape index (κ1) is 23.0. The van der Waals surface area contributed by atoms with Crippen LogP contribution in [0.15, 0.2) is 59.0 Å². The summed E-state index contributed by atoms with van der Waals surface area (Å²) in [6.07, 6.45) is 0.694. The van der Waals surface area contributed by atoms with Crippen LogP contribution in [0, 0.1) is 0 Å². The first-order valence-corrected chi connectivity index (χ1v) is 11.2. The Hall–Kier alpha value is -3.21. The Morgan fingerprint density at radius 1 is 1.12 bits per heavy atom. The number of esters is 1. The summed E-state index contributed by atoms with van der Waals surface area (Å²) < 4.78 is 10.8. The Morgan fingerprint density at radius 3 is 2.24 bits per heavy atom. The molecule has 2 unspecified atom stereocenters. The number of nitrogens with zero attached hydrogens (tertiary/aromatic N) is 1. The largest absolute Gasteiger partial charge is 0.479 e. The summed E-state index contributed by atoms with van der Waals surface area (Å²) in [7, 11) is 1.30. The Morgan fingerprint density at radius 2 is 1.70 bits per heavy atom. The molecule has 0 aromatic heterocycles. The molecule has 4 rings (SSSR count). The first-order chi connectivity index (χ1) is 15.8. The summed E-state index contributed by atoms with van der Waals surface area (Å²) in [5.41, 5.74) is 8.08. The number of carbonyl (C=O) groups excluding carboxylic acids is 2. The van der Waals surface area contributed by atoms with E-state index in [-0.39, 0.29) is 10.2 Å². The fraction of sp³-hybridized carbons (Fsp3) is 0.217. The fourth-order valence-electron chi connectivity index (χ4n) is 3.73. The number of carboxylic acid groups (broad SMARTS) is 1. The number of fused-ring (bicyclic) bond motifs is 2. The normalized spacial score (nSPS) is 18.0. The molecule has 0 saturated carbocycles. The van der Waals surface area contributed by atoms with E-state index in [1.54, 1.807) is 24.3 Å². The van der Waals surface area contributed by atoms with Crippen LogP contribution in [0.5, 0.6) is 11.5 Å². The van der Waals surface area contributed by atoms with Crippen molar-refractivity contribution in [2.24, 2.45) is 5.73 Å². The molecule has 2 aliphatic rings. The average Bonchev–Trinajstić information content (AvgIpc) is 3.23. The molecule has 3 N–H and O–H groups in total. The van der Waals surface area contributed by atoms with Gasteiger partial charge in [-0.05, 0) is 53.8 Å². The van der Waals surface area contributed by atoms with Gasteiger partial charge in [0.15, 0.2) is 6.04 Å². The molecule has 2 atom stereocenters. The molecule has 2 bridgehead atoms. The van der Waals surface area contributed by atoms with Crippen molar-refractivity contribution in [3.05, 3.63) is 70.1 Å². The van der Waals surface area contributed by atoms with Crippen LogP contribution >= 0.6 is 24.0 Å². The Kier molecular flexibility index (Phi) is 6.50. The first-order valence-electron chi connectivity index (χ1n) is 9.99. The van der Waals surface area contributed by atoms with Gasteiger partial charge in [-0.2, -0.15) is 0 Å². The summed E-state index contributed by atoms with van der Waals surface area (Å²) in [5.74, 6) is -0.663. The number of aliphatic carboxylic acids is 1. The maximum absolute atomic E-state index is 12.3. The lowest BCUT2D eigenvalue weighted by molar-refractivity contribution is -0.143. The van der Waals surface area contributed by atoms with Crippen molar-refractivity contribution in [2.75, 3.05) is 7.11 Å². The molecule has 2 aromatic rings. The fourth-order valence-corrected chi connectivity index (χ4v) is 5.13. The summed E-state index contributed by atoms with van der Waals surface area (Å²) in [6, 6.07) is 12.7. The number of rotatable bonds is 8. The second-order valence-electron chi connectivity index (χ2n) is 7.54. The number of benzene rings is 2. The minimum absolute atomic E-state index is 0.285. The number of thioether (sulfide) groups is 1. The lowest BCUT2D eigenvalue weighted by Crippen LogP contribution is -2.42. The molecular formula is C23H20N2O6S2. The van der Waals surface area contributed by atoms with Crippen molar-refractivity contribution in [3.8, 4) is 11.5 Å². The van der Waals surface area contributed by atoms with E-state index in [1.807, 2.05) is 24.3 Å². The highest BCUT2D eigenvalue weighted by atomic mass is 32.2. The molecule has 0 radical (unpaired) electrons. The van der Waals surface area contributed by atoms with Gasteiger partial charge in [-0.3, -0.25) is 14.5 Å². The summed E-state index contributed by atoms with van der Waals surface area (Å²) in [6.45, 7) is 0. The van der Waals surface area contributed by atoms with Crippen LogP contribution in [0.4, 0.5) is 0 Å². The molecule has 0 spiro atoms. The minimum atomic E-state index is -1.09. The van der Waals surface area contributed by atoms with Crippen LogP contribution in [-0.2, 0) is 32.0 Å². The number of thiocarbonyl (C=S) groups is 1. The van der Waals surface area contributed by atoms with Crippen LogP contribution in [0.2, 0.25) is 0 Å². The quantitative estimate of drug-likeness (QED) is 0.430. The third-order valence-corrected chi connectivity index (χ3v) is 6.81. The zero-order valence-corrected chi connectivity index (χ0v) is 19.2. The van der Waals surface area contributed by atoms with Gasteiger partial charge < -0.3 is 20.3 Å². The summed E-state index contributed by atoms with van der Waals surface area (Å²) in [4.78, 5) is 37.1. The van der Waals surface area contributed by atoms with E-state index >= 15 is 0 Å². The van der Waals surface area contributed by atoms with E-state index < -0.39 is 24.0 Å². The van der Waals surface area contributed by atoms with E-state index in [4.69, 9.17) is 22.7 Å². The second-order valence-corrected chi connectivity index (χ2v) is 9.18. The number of ether oxygens (including phenoxy) is 2. The van der Waals surface area contributed by atoms with Gasteiger partial charge in [0.1, 0.15) is 21.9 Å². The molecule has 1 fully saturated rings. The van der Waals surface area contributed by atoms with Gasteiger partial charge in [0.05, 0.1) is 12.0 Å². The lowest BCUT2D eigenvalue weighted by Gasteiger charge is -2.23. The summed E-state index contributed by atoms with van der Waals surface area (Å²) in [5, 5.41) is 9.59. The number of hydrogen-bond donors (Lipinski definition) is 2. The third-order valence-electron chi connectivity index (χ3n) is 5.35. The number of carbonyl (C=O) groups is 3. The van der Waals surface area contributed by atoms with E-state index in [9.17, 15) is 19.5 Å². The van der Waals surface area contributed by atoms with Crippen LogP contribution in [-0.4, -0.2) is 51.4 Å². The standard InChI is InChI=1S/C23H20N2O6S2/c1-30-22(29)17(24)11-13-4-8-15(9-5-13)31-14-6-2-12(3-7-14)10-16-18(21(27)28)25-20(26)19(16)33-23(25)32/h2-9,17-18H,10-11,24H2,1H3,(H,27,28). The van der Waals surface area contributed by atoms with E-state index in [1.165, 1.54) is 12.0 Å². The number of amides is 1. The topological polar surface area (TPSA) is 119 Å². The van der Waals surface area contributed by atoms with Crippen molar-refractivity contribution in [3.63, 3.8) is 0 Å². The number of hydrogen-bond acceptors (Lipinski definition) is 8. The minimum Gasteiger partial charge on any atom is -0.479 e. The van der Waals surface area contributed by atoms with Crippen molar-refractivity contribution < 1.29 is 29.0 Å². The number of methoxy groups -OCH3 is 1. The van der Waals surface area contributed by atoms with Crippen molar-refractivity contribution in [1.29, 1.82) is 0 Å². The van der Waals surface area contributed by atoms with Crippen LogP contribution in [0.3, 0.4) is 0 Å². The van der Waals surface area contributed by atoms with Gasteiger partial charge in [-0.25, -0.2) is 4.79 Å². The van der Waals surface area contributed by atoms with Crippen LogP contribution in [0.1, 0.15) is 11.1 Å². The van der Waals surface area contributed by atoms with Crippen molar-refractivity contribution >= 4 is 46.1 Å². The van der Waals surface area contributed by atoms with Gasteiger partial charge in [-0.15, -0.1) is 0 Å². The molecular weight excluding hydrogens is 464 g/mol. The maximum atomic E-state index is 12.3. The zero-order valence-electron chi connectivity index (χ0n) is 17.5. The van der Waals surface area contributed by atoms with E-state index in [2.05, 4.69) is 4.74 Å². The number of nitrogens with two attached hydrogens (primary N) is 1. The molecule has 8 nitrogen and oxygen atoms in total. The molecule has 2 aromatic carbocycles. The zero-order chi connectivity index (χ0) is 23.7. The smallest absolute Gasteiger partial charge is 0.331 e. The van der Waals surface area contributed by atoms with Gasteiger partial charge in [0.25, 0.3) is 5.91 Å². The molecule has 2 heterocycles. The highest BCUT2D eigenvalue weighted by molar-refractivity contribution is 8.26. The average molecular weight is 485 g/mol. The van der Waals surface area contributed by atoms with E-state index in [0.29, 0.717) is 34.8 Å². The van der Waals surface area contributed by atoms with Crippen molar-refractivity contribution in [2.45, 2.75) is 24.9 Å². The summed E-state index contributed by atoms with van der Waals surface area (Å²) >= 11 is 6.26. The Bertz CT molecular complexity index is 1160. The molecule has 2 aliphatic heterocycles. The molecule has 1 saturated heterocycles. The van der Waals surface area contributed by atoms with Crippen LogP contribution in [0.25, 0.3) is 0 Å². The van der Waals surface area contributed by atoms with Gasteiger partial charge in [-0.1, -0.05) is 48.2 Å². The monoisotopic (exact) mass is 484 g/mol. The molecule has 33 heavy (non-hydrogen) atoms. The second kappa shape index (κ2) is 9.34. The number of carboxylic acids is 1. The van der Waals surface area contributed by atoms with Gasteiger partial charge >= 0.3 is 11.9 Å². The maximum Gasteiger partial charge on any atom is 0.331 e. The Labute approximate surface area is 199 Å². The molecule has 0 aliphatic carbocycles. The molecule has 1 amide bonds. The predicted molar refractivity (Wildman–Crippen MR) is 126 cm³/mol. The van der Waals surface area contributed by atoms with Crippen molar-refractivity contribution in [1.82, 2.24) is 4.90 Å². The predicted octanol–water partition coefficient (Wildman–Crippen LogP) is 2.65. The van der Waals surface area contributed by atoms with Gasteiger partial charge in [0, 0.05) is 0 Å². The SMILES string of the molecule is COC(=O)C(N)Cc1ccc(Oc2ccc(CC3=C4SC(=S)N(C4=O)C3C(=O)O)cc2)cc1. The highest BCUT2D eigenvalue weighted by Gasteiger charge is 2.51. The lowest BCUT2D eigenvalue weighted by atomic mass is 10.00. The third kappa shape index (κ3) is 4.63. The Balaban J connectivity index is 1.41. The van der Waals surface area contributed by atoms with Crippen LogP contribution < -0.4 is 10.5 Å².